The van der Waals surface area contributed by atoms with Gasteiger partial charge in [-0.3, -0.25) is 34.2 Å². The Labute approximate surface area is 231 Å². The molecule has 2 amide bonds. The summed E-state index contributed by atoms with van der Waals surface area (Å²) >= 11 is 0. The predicted molar refractivity (Wildman–Crippen MR) is 140 cm³/mol. The van der Waals surface area contributed by atoms with Crippen LogP contribution >= 0.6 is 0 Å². The van der Waals surface area contributed by atoms with Crippen molar-refractivity contribution in [1.29, 1.82) is 0 Å². The number of benzene rings is 1. The van der Waals surface area contributed by atoms with Gasteiger partial charge in [0.2, 0.25) is 5.91 Å². The smallest absolute Gasteiger partial charge is 0.411 e. The van der Waals surface area contributed by atoms with Crippen LogP contribution in [0.3, 0.4) is 0 Å². The van der Waals surface area contributed by atoms with Gasteiger partial charge in [0.15, 0.2) is 34.7 Å². The van der Waals surface area contributed by atoms with E-state index in [1.165, 1.54) is 25.1 Å². The van der Waals surface area contributed by atoms with Gasteiger partial charge < -0.3 is 20.7 Å². The SMILES string of the molecule is C[C@@H]1c2ccc(NC(=O)OCC(C)(C)C)cc2C(=O)C2C(=O)[C@@]3(O)C(=O)C(C(N)=O)C(=O)[C@H](N(C)C)[C@H]3[C@H](O)[C@H]21. The first kappa shape index (κ1) is 29.5. The molecule has 0 heterocycles. The molecule has 0 aromatic heterocycles. The zero-order valence-corrected chi connectivity index (χ0v) is 23.3. The zero-order chi connectivity index (χ0) is 30.1. The largest absolute Gasteiger partial charge is 0.449 e. The number of ketones is 4. The third-order valence-corrected chi connectivity index (χ3v) is 8.23. The van der Waals surface area contributed by atoms with Gasteiger partial charge in [0.05, 0.1) is 30.6 Å². The highest BCUT2D eigenvalue weighted by atomic mass is 16.5. The van der Waals surface area contributed by atoms with Gasteiger partial charge in [-0.05, 0) is 43.1 Å². The Hall–Kier alpha value is -3.48. The molecule has 0 spiro atoms. The van der Waals surface area contributed by atoms with Crippen LogP contribution in [0, 0.1) is 29.1 Å². The van der Waals surface area contributed by atoms with Crippen LogP contribution < -0.4 is 11.1 Å². The Kier molecular flexibility index (Phi) is 7.27. The molecule has 0 saturated heterocycles. The van der Waals surface area contributed by atoms with E-state index in [1.54, 1.807) is 19.1 Å². The van der Waals surface area contributed by atoms with Crippen molar-refractivity contribution in [3.8, 4) is 0 Å². The van der Waals surface area contributed by atoms with Gasteiger partial charge >= 0.3 is 6.09 Å². The van der Waals surface area contributed by atoms with Crippen LogP contribution in [0.15, 0.2) is 18.2 Å². The number of Topliss-reactive ketones (excluding diaryl/α,β-unsaturated/α-hetero) is 4. The Morgan fingerprint density at radius 2 is 1.75 bits per heavy atom. The number of likely N-dealkylation sites (N-methyl/N-ethyl adjacent to an activating group) is 1. The van der Waals surface area contributed by atoms with Crippen LogP contribution in [0.25, 0.3) is 0 Å². The Morgan fingerprint density at radius 1 is 1.12 bits per heavy atom. The van der Waals surface area contributed by atoms with Crippen molar-refractivity contribution in [2.75, 3.05) is 26.0 Å². The number of ether oxygens (including phenoxy) is 1. The summed E-state index contributed by atoms with van der Waals surface area (Å²) in [6.45, 7) is 7.51. The number of primary amides is 1. The van der Waals surface area contributed by atoms with E-state index < -0.39 is 82.5 Å². The van der Waals surface area contributed by atoms with Crippen LogP contribution in [0.5, 0.6) is 0 Å². The van der Waals surface area contributed by atoms with E-state index in [9.17, 15) is 39.0 Å². The Balaban J connectivity index is 1.76. The first-order valence-corrected chi connectivity index (χ1v) is 13.0. The molecule has 216 valence electrons. The molecule has 1 aromatic carbocycles. The number of carbonyl (C=O) groups excluding carboxylic acids is 6. The number of amides is 2. The summed E-state index contributed by atoms with van der Waals surface area (Å²) in [4.78, 5) is 80.0. The van der Waals surface area contributed by atoms with E-state index in [4.69, 9.17) is 10.5 Å². The summed E-state index contributed by atoms with van der Waals surface area (Å²) in [5.41, 5.74) is 2.83. The van der Waals surface area contributed by atoms with Crippen molar-refractivity contribution >= 4 is 40.8 Å². The molecule has 0 radical (unpaired) electrons. The van der Waals surface area contributed by atoms with Gasteiger partial charge in [0.1, 0.15) is 0 Å². The van der Waals surface area contributed by atoms with Crippen LogP contribution in [0.1, 0.15) is 49.5 Å². The third kappa shape index (κ3) is 4.43. The monoisotopic (exact) mass is 557 g/mol. The fourth-order valence-corrected chi connectivity index (χ4v) is 6.44. The normalized spacial score (nSPS) is 33.7. The zero-order valence-electron chi connectivity index (χ0n) is 23.3. The lowest BCUT2D eigenvalue weighted by Gasteiger charge is -2.56. The maximum absolute atomic E-state index is 13.9. The number of nitrogens with one attached hydrogen (secondary N) is 1. The molecule has 1 aromatic rings. The first-order chi connectivity index (χ1) is 18.4. The highest BCUT2D eigenvalue weighted by molar-refractivity contribution is 6.32. The standard InChI is InChI=1S/C28H35N3O9/c1-11-13-8-7-12(30-26(38)40-10-27(2,3)4)9-14(13)20(32)16-15(11)21(33)18-19(31(5)6)22(34)17(25(29)37)24(36)28(18,39)23(16)35/h7-9,11,15-19,21,33,39H,10H2,1-6H3,(H2,29,37)(H,30,38)/t11-,15+,16?,17?,18+,19-,21-,28-/m1/s1. The molecule has 2 saturated carbocycles. The summed E-state index contributed by atoms with van der Waals surface area (Å²) in [5, 5.41) is 25.8. The Bertz CT molecular complexity index is 1320. The van der Waals surface area contributed by atoms with Gasteiger partial charge in [-0.1, -0.05) is 33.8 Å². The van der Waals surface area contributed by atoms with Gasteiger partial charge in [-0.25, -0.2) is 4.79 Å². The van der Waals surface area contributed by atoms with E-state index in [0.29, 0.717) is 5.56 Å². The van der Waals surface area contributed by atoms with Crippen LogP contribution in [-0.2, 0) is 23.9 Å². The lowest BCUT2D eigenvalue weighted by Crippen LogP contribution is -2.77. The summed E-state index contributed by atoms with van der Waals surface area (Å²) in [5.74, 6) is -12.7. The average Bonchev–Trinajstić information content (AvgIpc) is 2.84. The highest BCUT2D eigenvalue weighted by Gasteiger charge is 2.72. The molecule has 3 aliphatic carbocycles. The van der Waals surface area contributed by atoms with E-state index in [-0.39, 0.29) is 23.3 Å². The topological polar surface area (TPSA) is 193 Å². The fraction of sp³-hybridized carbons (Fsp3) is 0.571. The molecular formula is C28H35N3O9. The molecule has 12 nitrogen and oxygen atoms in total. The van der Waals surface area contributed by atoms with Gasteiger partial charge in [-0.2, -0.15) is 0 Å². The van der Waals surface area contributed by atoms with E-state index >= 15 is 0 Å². The first-order valence-electron chi connectivity index (χ1n) is 13.0. The van der Waals surface area contributed by atoms with Crippen molar-refractivity contribution < 1.29 is 43.7 Å². The van der Waals surface area contributed by atoms with Crippen LogP contribution in [-0.4, -0.2) is 88.7 Å². The molecule has 2 unspecified atom stereocenters. The average molecular weight is 558 g/mol. The lowest BCUT2D eigenvalue weighted by molar-refractivity contribution is -0.196. The number of carbonyl (C=O) groups is 6. The van der Waals surface area contributed by atoms with Crippen LogP contribution in [0.4, 0.5) is 10.5 Å². The Morgan fingerprint density at radius 3 is 2.30 bits per heavy atom. The minimum absolute atomic E-state index is 0.0694. The summed E-state index contributed by atoms with van der Waals surface area (Å²) in [6.07, 6.45) is -2.38. The van der Waals surface area contributed by atoms with Gasteiger partial charge in [0, 0.05) is 17.2 Å². The molecule has 8 atom stereocenters. The number of aliphatic hydroxyl groups is 2. The second kappa shape index (κ2) is 9.86. The maximum atomic E-state index is 13.9. The lowest BCUT2D eigenvalue weighted by atomic mass is 9.49. The number of fused-ring (bicyclic) bond motifs is 3. The number of rotatable bonds is 4. The summed E-state index contributed by atoms with van der Waals surface area (Å²) in [7, 11) is 2.90. The minimum Gasteiger partial charge on any atom is -0.449 e. The number of anilines is 1. The van der Waals surface area contributed by atoms with Gasteiger partial charge in [0.25, 0.3) is 0 Å². The maximum Gasteiger partial charge on any atom is 0.411 e. The molecule has 0 bridgehead atoms. The van der Waals surface area contributed by atoms with Crippen molar-refractivity contribution in [3.63, 3.8) is 0 Å². The second-order valence-corrected chi connectivity index (χ2v) is 12.4. The highest BCUT2D eigenvalue weighted by Crippen LogP contribution is 2.53. The molecule has 12 heteroatoms. The van der Waals surface area contributed by atoms with Crippen molar-refractivity contribution in [2.24, 2.45) is 34.8 Å². The van der Waals surface area contributed by atoms with E-state index in [2.05, 4.69) is 5.32 Å². The fourth-order valence-electron chi connectivity index (χ4n) is 6.44. The summed E-state index contributed by atoms with van der Waals surface area (Å²) in [6, 6.07) is 3.13. The number of nitrogens with zero attached hydrogens (tertiary/aromatic N) is 1. The molecule has 0 aliphatic heterocycles. The number of nitrogens with two attached hydrogens (primary N) is 1. The quantitative estimate of drug-likeness (QED) is 0.374. The molecule has 4 rings (SSSR count). The second-order valence-electron chi connectivity index (χ2n) is 12.4. The van der Waals surface area contributed by atoms with Crippen LogP contribution in [0.2, 0.25) is 0 Å². The van der Waals surface area contributed by atoms with E-state index in [1.807, 2.05) is 20.8 Å². The predicted octanol–water partition coefficient (Wildman–Crippen LogP) is 0.288. The van der Waals surface area contributed by atoms with Gasteiger partial charge in [-0.15, -0.1) is 0 Å². The number of hydrogen-bond donors (Lipinski definition) is 4. The summed E-state index contributed by atoms with van der Waals surface area (Å²) < 4.78 is 5.21. The molecule has 5 N–H and O–H groups in total. The number of hydrogen-bond acceptors (Lipinski definition) is 10. The molecule has 3 aliphatic rings. The van der Waals surface area contributed by atoms with Crippen molar-refractivity contribution in [2.45, 2.75) is 51.4 Å². The molecule has 40 heavy (non-hydrogen) atoms. The van der Waals surface area contributed by atoms with Crippen molar-refractivity contribution in [1.82, 2.24) is 4.90 Å². The van der Waals surface area contributed by atoms with E-state index in [0.717, 1.165) is 0 Å². The molecular weight excluding hydrogens is 522 g/mol. The number of aliphatic hydroxyl groups excluding tert-OH is 1. The van der Waals surface area contributed by atoms with Crippen molar-refractivity contribution in [3.05, 3.63) is 29.3 Å². The molecule has 2 fully saturated rings. The minimum atomic E-state index is -3.00. The third-order valence-electron chi connectivity index (χ3n) is 8.23.